The molecule has 0 radical (unpaired) electrons. The van der Waals surface area contributed by atoms with Crippen LogP contribution in [0.2, 0.25) is 0 Å². The molecule has 5 rings (SSSR count). The lowest BCUT2D eigenvalue weighted by Crippen LogP contribution is -2.48. The Bertz CT molecular complexity index is 881. The zero-order valence-electron chi connectivity index (χ0n) is 15.0. The molecular weight excluding hydrogens is 328 g/mol. The summed E-state index contributed by atoms with van der Waals surface area (Å²) in [5.41, 5.74) is 2.25. The second-order valence-electron chi connectivity index (χ2n) is 8.25. The molecule has 2 saturated heterocycles. The number of imidazole rings is 1. The summed E-state index contributed by atoms with van der Waals surface area (Å²) in [7, 11) is 0. The van der Waals surface area contributed by atoms with Crippen molar-refractivity contribution in [3.8, 4) is 0 Å². The lowest BCUT2D eigenvalue weighted by Gasteiger charge is -2.29. The molecule has 0 spiro atoms. The Morgan fingerprint density at radius 1 is 1.08 bits per heavy atom. The van der Waals surface area contributed by atoms with Crippen molar-refractivity contribution >= 4 is 16.9 Å². The van der Waals surface area contributed by atoms with Crippen LogP contribution < -0.4 is 16.3 Å². The summed E-state index contributed by atoms with van der Waals surface area (Å²) < 4.78 is 1.88. The number of carbonyl (C=O) groups is 1. The van der Waals surface area contributed by atoms with Gasteiger partial charge in [0.2, 0.25) is 0 Å². The fourth-order valence-electron chi connectivity index (χ4n) is 5.24. The number of aromatic nitrogens is 2. The molecule has 2 aromatic rings. The third kappa shape index (κ3) is 2.76. The maximum atomic E-state index is 12.7. The number of amides is 1. The second-order valence-corrected chi connectivity index (χ2v) is 8.25. The summed E-state index contributed by atoms with van der Waals surface area (Å²) in [4.78, 5) is 28.1. The molecule has 6 heteroatoms. The molecule has 2 unspecified atom stereocenters. The van der Waals surface area contributed by atoms with E-state index in [4.69, 9.17) is 0 Å². The molecule has 3 N–H and O–H groups in total. The normalized spacial score (nSPS) is 28.7. The van der Waals surface area contributed by atoms with Crippen molar-refractivity contribution in [2.24, 2.45) is 0 Å². The van der Waals surface area contributed by atoms with Crippen LogP contribution in [0.3, 0.4) is 0 Å². The first-order valence-corrected chi connectivity index (χ1v) is 9.98. The highest BCUT2D eigenvalue weighted by Crippen LogP contribution is 2.31. The van der Waals surface area contributed by atoms with Crippen LogP contribution >= 0.6 is 0 Å². The minimum atomic E-state index is -0.0561. The zero-order valence-corrected chi connectivity index (χ0v) is 15.0. The summed E-state index contributed by atoms with van der Waals surface area (Å²) in [5.74, 6) is -0.0346. The molecule has 1 aromatic carbocycles. The van der Waals surface area contributed by atoms with Crippen molar-refractivity contribution in [1.29, 1.82) is 0 Å². The Labute approximate surface area is 152 Å². The van der Waals surface area contributed by atoms with Gasteiger partial charge in [-0.15, -0.1) is 0 Å². The minimum Gasteiger partial charge on any atom is -0.349 e. The fourth-order valence-corrected chi connectivity index (χ4v) is 5.24. The van der Waals surface area contributed by atoms with Crippen LogP contribution in [0.1, 0.15) is 67.8 Å². The minimum absolute atomic E-state index is 0.0346. The molecule has 6 nitrogen and oxygen atoms in total. The van der Waals surface area contributed by atoms with Crippen LogP contribution in [0, 0.1) is 0 Å². The number of hydrogen-bond donors (Lipinski definition) is 3. The van der Waals surface area contributed by atoms with Crippen molar-refractivity contribution in [1.82, 2.24) is 20.2 Å². The van der Waals surface area contributed by atoms with Gasteiger partial charge in [-0.25, -0.2) is 4.79 Å². The summed E-state index contributed by atoms with van der Waals surface area (Å²) in [6.07, 6.45) is 8.96. The predicted molar refractivity (Wildman–Crippen MR) is 100 cm³/mol. The Hall–Kier alpha value is -2.08. The van der Waals surface area contributed by atoms with E-state index < -0.39 is 0 Å². The Balaban J connectivity index is 1.37. The predicted octanol–water partition coefficient (Wildman–Crippen LogP) is 2.46. The van der Waals surface area contributed by atoms with Gasteiger partial charge in [0.25, 0.3) is 5.91 Å². The molecule has 26 heavy (non-hydrogen) atoms. The smallest absolute Gasteiger partial charge is 0.326 e. The largest absolute Gasteiger partial charge is 0.349 e. The van der Waals surface area contributed by atoms with Crippen LogP contribution in [0.4, 0.5) is 0 Å². The quantitative estimate of drug-likeness (QED) is 0.792. The van der Waals surface area contributed by atoms with E-state index in [2.05, 4.69) is 15.6 Å². The van der Waals surface area contributed by atoms with E-state index >= 15 is 0 Å². The number of H-pyrrole nitrogens is 1. The Kier molecular flexibility index (Phi) is 3.89. The average molecular weight is 354 g/mol. The van der Waals surface area contributed by atoms with Crippen LogP contribution in [-0.2, 0) is 0 Å². The van der Waals surface area contributed by atoms with Gasteiger partial charge in [-0.1, -0.05) is 12.8 Å². The highest BCUT2D eigenvalue weighted by Gasteiger charge is 2.34. The van der Waals surface area contributed by atoms with E-state index in [0.29, 0.717) is 23.7 Å². The molecule has 1 aromatic heterocycles. The SMILES string of the molecule is O=C(NC1CC2CCC(C1)N2)c1ccc2c(c1)[nH]c(=O)n2C1CCCC1. The van der Waals surface area contributed by atoms with E-state index in [1.807, 2.05) is 22.8 Å². The number of carbonyl (C=O) groups excluding carboxylic acids is 1. The monoisotopic (exact) mass is 354 g/mol. The third-order valence-electron chi connectivity index (χ3n) is 6.48. The number of benzene rings is 1. The van der Waals surface area contributed by atoms with Crippen molar-refractivity contribution in [3.05, 3.63) is 34.2 Å². The maximum absolute atomic E-state index is 12.7. The first-order valence-electron chi connectivity index (χ1n) is 9.98. The van der Waals surface area contributed by atoms with Gasteiger partial charge in [-0.05, 0) is 56.7 Å². The molecule has 138 valence electrons. The van der Waals surface area contributed by atoms with Gasteiger partial charge in [-0.2, -0.15) is 0 Å². The summed E-state index contributed by atoms with van der Waals surface area (Å²) in [6.45, 7) is 0. The topological polar surface area (TPSA) is 78.9 Å². The molecule has 2 aliphatic heterocycles. The average Bonchev–Trinajstić information content (AvgIpc) is 3.32. The van der Waals surface area contributed by atoms with Crippen LogP contribution in [0.15, 0.2) is 23.0 Å². The molecule has 1 aliphatic carbocycles. The molecule has 1 amide bonds. The molecule has 3 heterocycles. The maximum Gasteiger partial charge on any atom is 0.326 e. The van der Waals surface area contributed by atoms with Gasteiger partial charge in [0.05, 0.1) is 11.0 Å². The van der Waals surface area contributed by atoms with Gasteiger partial charge in [0.15, 0.2) is 0 Å². The molecule has 3 fully saturated rings. The lowest BCUT2D eigenvalue weighted by molar-refractivity contribution is 0.0924. The second kappa shape index (κ2) is 6.27. The fraction of sp³-hybridized carbons (Fsp3) is 0.600. The number of aromatic amines is 1. The number of nitrogens with one attached hydrogen (secondary N) is 3. The number of hydrogen-bond acceptors (Lipinski definition) is 3. The van der Waals surface area contributed by atoms with E-state index in [0.717, 1.165) is 36.7 Å². The Morgan fingerprint density at radius 2 is 1.81 bits per heavy atom. The van der Waals surface area contributed by atoms with Crippen LogP contribution in [0.25, 0.3) is 11.0 Å². The first-order chi connectivity index (χ1) is 12.7. The highest BCUT2D eigenvalue weighted by molar-refractivity contribution is 5.97. The highest BCUT2D eigenvalue weighted by atomic mass is 16.2. The molecule has 1 saturated carbocycles. The molecular formula is C20H26N4O2. The zero-order chi connectivity index (χ0) is 17.7. The number of piperidine rings is 1. The van der Waals surface area contributed by atoms with Crippen LogP contribution in [-0.4, -0.2) is 33.6 Å². The first kappa shape index (κ1) is 16.1. The molecule has 3 aliphatic rings. The van der Waals surface area contributed by atoms with Crippen molar-refractivity contribution in [2.45, 2.75) is 75.5 Å². The van der Waals surface area contributed by atoms with Gasteiger partial charge < -0.3 is 15.6 Å². The Morgan fingerprint density at radius 3 is 2.54 bits per heavy atom. The molecule has 2 atom stereocenters. The van der Waals surface area contributed by atoms with Crippen molar-refractivity contribution < 1.29 is 4.79 Å². The van der Waals surface area contributed by atoms with Crippen LogP contribution in [0.5, 0.6) is 0 Å². The standard InChI is InChI=1S/C20H26N4O2/c25-19(22-15-10-13-6-7-14(11-15)21-13)12-5-8-18-17(9-12)23-20(26)24(18)16-3-1-2-4-16/h5,8-9,13-16,21H,1-4,6-7,10-11H2,(H,22,25)(H,23,26). The summed E-state index contributed by atoms with van der Waals surface area (Å²) in [6, 6.07) is 7.25. The van der Waals surface area contributed by atoms with Gasteiger partial charge in [-0.3, -0.25) is 9.36 Å². The molecule has 2 bridgehead atoms. The van der Waals surface area contributed by atoms with E-state index in [9.17, 15) is 9.59 Å². The van der Waals surface area contributed by atoms with E-state index in [1.165, 1.54) is 25.7 Å². The summed E-state index contributed by atoms with van der Waals surface area (Å²) in [5, 5.41) is 6.80. The van der Waals surface area contributed by atoms with Crippen molar-refractivity contribution in [3.63, 3.8) is 0 Å². The number of nitrogens with zero attached hydrogens (tertiary/aromatic N) is 1. The van der Waals surface area contributed by atoms with E-state index in [1.54, 1.807) is 0 Å². The third-order valence-corrected chi connectivity index (χ3v) is 6.48. The van der Waals surface area contributed by atoms with Crippen molar-refractivity contribution in [2.75, 3.05) is 0 Å². The summed E-state index contributed by atoms with van der Waals surface area (Å²) >= 11 is 0. The van der Waals surface area contributed by atoms with Gasteiger partial charge in [0.1, 0.15) is 0 Å². The van der Waals surface area contributed by atoms with E-state index in [-0.39, 0.29) is 17.6 Å². The number of rotatable bonds is 3. The van der Waals surface area contributed by atoms with Gasteiger partial charge >= 0.3 is 5.69 Å². The lowest BCUT2D eigenvalue weighted by atomic mass is 9.99. The number of fused-ring (bicyclic) bond motifs is 3. The van der Waals surface area contributed by atoms with Gasteiger partial charge in [0, 0.05) is 29.7 Å².